The maximum atomic E-state index is 8.50. The van der Waals surface area contributed by atoms with E-state index in [0.717, 1.165) is 0 Å². The summed E-state index contributed by atoms with van der Waals surface area (Å²) in [6, 6.07) is 0. The molecule has 0 saturated heterocycles. The van der Waals surface area contributed by atoms with Crippen LogP contribution in [0.25, 0.3) is 0 Å². The van der Waals surface area contributed by atoms with Crippen molar-refractivity contribution in [1.29, 1.82) is 0 Å². The molecule has 0 aromatic heterocycles. The summed E-state index contributed by atoms with van der Waals surface area (Å²) in [5.41, 5.74) is 4.84. The summed E-state index contributed by atoms with van der Waals surface area (Å²) in [5.74, 6) is 0. The first kappa shape index (κ1) is 8.05. The number of hydrogen-bond donors (Lipinski definition) is 2. The number of hydrogen-bond acceptors (Lipinski definition) is 3. The molecule has 0 heterocycles. The van der Waals surface area contributed by atoms with Gasteiger partial charge >= 0.3 is 0 Å². The highest BCUT2D eigenvalue weighted by Crippen LogP contribution is 2.54. The number of hydrazone groups is 1. The van der Waals surface area contributed by atoms with E-state index in [1.54, 1.807) is 0 Å². The third-order valence-corrected chi connectivity index (χ3v) is 3.03. The van der Waals surface area contributed by atoms with Gasteiger partial charge in [0.1, 0.15) is 0 Å². The highest BCUT2D eigenvalue weighted by atomic mass is 16.3. The predicted octanol–water partition coefficient (Wildman–Crippen LogP) is 0.888. The lowest BCUT2D eigenvalue weighted by molar-refractivity contribution is 0.118. The van der Waals surface area contributed by atoms with Gasteiger partial charge in [-0.2, -0.15) is 5.10 Å². The molecule has 0 aliphatic heterocycles. The zero-order chi connectivity index (χ0) is 8.44. The van der Waals surface area contributed by atoms with Gasteiger partial charge < -0.3 is 10.5 Å². The van der Waals surface area contributed by atoms with Gasteiger partial charge in [-0.15, -0.1) is 0 Å². The Hall–Kier alpha value is -0.570. The van der Waals surface area contributed by atoms with Crippen molar-refractivity contribution in [3.05, 3.63) is 0 Å². The van der Waals surface area contributed by atoms with Gasteiger partial charge in [-0.3, -0.25) is 0 Å². The molecule has 3 heteroatoms. The SMILES string of the molecule is OCCNN=C1CC2(CCC2)C1. The van der Waals surface area contributed by atoms with Crippen LogP contribution in [0.5, 0.6) is 0 Å². The molecule has 1 spiro atoms. The second-order valence-corrected chi connectivity index (χ2v) is 4.02. The first-order chi connectivity index (χ1) is 5.85. The lowest BCUT2D eigenvalue weighted by Gasteiger charge is -2.49. The summed E-state index contributed by atoms with van der Waals surface area (Å²) in [7, 11) is 0. The maximum Gasteiger partial charge on any atom is 0.0620 e. The van der Waals surface area contributed by atoms with Crippen LogP contribution in [0, 0.1) is 5.41 Å². The molecule has 0 bridgehead atoms. The Balaban J connectivity index is 1.69. The van der Waals surface area contributed by atoms with E-state index in [1.165, 1.54) is 37.8 Å². The normalized spacial score (nSPS) is 24.6. The van der Waals surface area contributed by atoms with E-state index in [0.29, 0.717) is 12.0 Å². The van der Waals surface area contributed by atoms with Crippen molar-refractivity contribution in [3.8, 4) is 0 Å². The summed E-state index contributed by atoms with van der Waals surface area (Å²) >= 11 is 0. The minimum atomic E-state index is 0.169. The van der Waals surface area contributed by atoms with E-state index in [2.05, 4.69) is 10.5 Å². The molecule has 12 heavy (non-hydrogen) atoms. The van der Waals surface area contributed by atoms with Crippen molar-refractivity contribution in [1.82, 2.24) is 5.43 Å². The topological polar surface area (TPSA) is 44.6 Å². The van der Waals surface area contributed by atoms with E-state index < -0.39 is 0 Å². The summed E-state index contributed by atoms with van der Waals surface area (Å²) in [4.78, 5) is 0. The second kappa shape index (κ2) is 3.05. The Morgan fingerprint density at radius 2 is 2.17 bits per heavy atom. The highest BCUT2D eigenvalue weighted by molar-refractivity contribution is 5.91. The van der Waals surface area contributed by atoms with Crippen molar-refractivity contribution in [3.63, 3.8) is 0 Å². The minimum absolute atomic E-state index is 0.169. The van der Waals surface area contributed by atoms with Crippen LogP contribution in [0.15, 0.2) is 5.10 Å². The quantitative estimate of drug-likeness (QED) is 0.485. The smallest absolute Gasteiger partial charge is 0.0620 e. The second-order valence-electron chi connectivity index (χ2n) is 4.02. The predicted molar refractivity (Wildman–Crippen MR) is 48.0 cm³/mol. The van der Waals surface area contributed by atoms with Crippen LogP contribution in [0.3, 0.4) is 0 Å². The van der Waals surface area contributed by atoms with Crippen molar-refractivity contribution in [2.75, 3.05) is 13.2 Å². The Morgan fingerprint density at radius 3 is 2.67 bits per heavy atom. The van der Waals surface area contributed by atoms with E-state index in [1.807, 2.05) is 0 Å². The maximum absolute atomic E-state index is 8.50. The first-order valence-corrected chi connectivity index (χ1v) is 4.74. The minimum Gasteiger partial charge on any atom is -0.394 e. The standard InChI is InChI=1S/C9H16N2O/c12-5-4-10-11-8-6-9(7-8)2-1-3-9/h10,12H,1-7H2. The lowest BCUT2D eigenvalue weighted by Crippen LogP contribution is -2.43. The molecule has 0 radical (unpaired) electrons. The van der Waals surface area contributed by atoms with Gasteiger partial charge in [-0.1, -0.05) is 6.42 Å². The van der Waals surface area contributed by atoms with Crippen molar-refractivity contribution in [2.24, 2.45) is 10.5 Å². The van der Waals surface area contributed by atoms with Crippen molar-refractivity contribution in [2.45, 2.75) is 32.1 Å². The monoisotopic (exact) mass is 168 g/mol. The van der Waals surface area contributed by atoms with Crippen LogP contribution in [-0.2, 0) is 0 Å². The molecule has 0 aromatic carbocycles. The Kier molecular flexibility index (Phi) is 2.05. The molecule has 2 N–H and O–H groups in total. The summed E-state index contributed by atoms with van der Waals surface area (Å²) < 4.78 is 0. The van der Waals surface area contributed by atoms with E-state index in [-0.39, 0.29) is 6.61 Å². The molecule has 2 fully saturated rings. The highest BCUT2D eigenvalue weighted by Gasteiger charge is 2.46. The zero-order valence-electron chi connectivity index (χ0n) is 7.34. The van der Waals surface area contributed by atoms with E-state index in [4.69, 9.17) is 5.11 Å². The summed E-state index contributed by atoms with van der Waals surface area (Å²) in [6.07, 6.45) is 6.63. The molecular formula is C9H16N2O. The molecule has 2 saturated carbocycles. The molecule has 0 atom stereocenters. The van der Waals surface area contributed by atoms with Crippen LogP contribution in [0.1, 0.15) is 32.1 Å². The van der Waals surface area contributed by atoms with Crippen molar-refractivity contribution < 1.29 is 5.11 Å². The van der Waals surface area contributed by atoms with Gasteiger partial charge in [-0.05, 0) is 31.1 Å². The largest absolute Gasteiger partial charge is 0.394 e. The van der Waals surface area contributed by atoms with Crippen LogP contribution in [0.4, 0.5) is 0 Å². The fourth-order valence-corrected chi connectivity index (χ4v) is 2.14. The van der Waals surface area contributed by atoms with Crippen LogP contribution in [-0.4, -0.2) is 24.0 Å². The van der Waals surface area contributed by atoms with Gasteiger partial charge in [0.25, 0.3) is 0 Å². The van der Waals surface area contributed by atoms with Crippen LogP contribution in [0.2, 0.25) is 0 Å². The Bertz CT molecular complexity index is 187. The molecule has 3 nitrogen and oxygen atoms in total. The molecular weight excluding hydrogens is 152 g/mol. The van der Waals surface area contributed by atoms with Gasteiger partial charge in [0.2, 0.25) is 0 Å². The third-order valence-electron chi connectivity index (χ3n) is 3.03. The first-order valence-electron chi connectivity index (χ1n) is 4.74. The molecule has 0 unspecified atom stereocenters. The van der Waals surface area contributed by atoms with Gasteiger partial charge in [-0.25, -0.2) is 0 Å². The number of aliphatic hydroxyl groups is 1. The summed E-state index contributed by atoms with van der Waals surface area (Å²) in [6.45, 7) is 0.748. The Labute approximate surface area is 72.9 Å². The van der Waals surface area contributed by atoms with E-state index in [9.17, 15) is 0 Å². The lowest BCUT2D eigenvalue weighted by atomic mass is 9.55. The van der Waals surface area contributed by atoms with Gasteiger partial charge in [0.15, 0.2) is 0 Å². The number of rotatable bonds is 3. The zero-order valence-corrected chi connectivity index (χ0v) is 7.34. The molecule has 2 aliphatic carbocycles. The molecule has 68 valence electrons. The van der Waals surface area contributed by atoms with Crippen LogP contribution < -0.4 is 5.43 Å². The van der Waals surface area contributed by atoms with Crippen LogP contribution >= 0.6 is 0 Å². The molecule has 0 amide bonds. The fourth-order valence-electron chi connectivity index (χ4n) is 2.14. The fraction of sp³-hybridized carbons (Fsp3) is 0.889. The molecule has 2 aliphatic rings. The van der Waals surface area contributed by atoms with E-state index >= 15 is 0 Å². The third kappa shape index (κ3) is 1.33. The van der Waals surface area contributed by atoms with Gasteiger partial charge in [0.05, 0.1) is 13.2 Å². The van der Waals surface area contributed by atoms with Gasteiger partial charge in [0, 0.05) is 5.71 Å². The number of nitrogens with one attached hydrogen (secondary N) is 1. The number of aliphatic hydroxyl groups excluding tert-OH is 1. The molecule has 0 aromatic rings. The average Bonchev–Trinajstić information content (AvgIpc) is 1.90. The molecule has 2 rings (SSSR count). The van der Waals surface area contributed by atoms with Crippen molar-refractivity contribution >= 4 is 5.71 Å². The Morgan fingerprint density at radius 1 is 1.42 bits per heavy atom. The summed E-state index contributed by atoms with van der Waals surface area (Å²) in [5, 5.41) is 12.7. The average molecular weight is 168 g/mol. The number of nitrogens with zero attached hydrogens (tertiary/aromatic N) is 1.